The van der Waals surface area contributed by atoms with Crippen molar-refractivity contribution in [2.75, 3.05) is 33.5 Å². The highest BCUT2D eigenvalue weighted by molar-refractivity contribution is 5.44. The van der Waals surface area contributed by atoms with Crippen LogP contribution in [0.3, 0.4) is 0 Å². The largest absolute Gasteiger partial charge is 0.490 e. The van der Waals surface area contributed by atoms with Crippen molar-refractivity contribution in [2.24, 2.45) is 0 Å². The van der Waals surface area contributed by atoms with Gasteiger partial charge in [0.05, 0.1) is 12.2 Å². The van der Waals surface area contributed by atoms with Gasteiger partial charge in [0.25, 0.3) is 0 Å². The monoisotopic (exact) mass is 249 g/mol. The minimum absolute atomic E-state index is 0.450. The second kappa shape index (κ2) is 8.51. The number of aryl methyl sites for hydroxylation is 1. The second-order valence-corrected chi connectivity index (χ2v) is 3.92. The molecule has 0 bridgehead atoms. The smallest absolute Gasteiger partial charge is 0.137 e. The number of methoxy groups -OCH3 is 1. The number of ether oxygens (including phenoxy) is 3. The Hall–Kier alpha value is -1.57. The van der Waals surface area contributed by atoms with Crippen molar-refractivity contribution in [3.05, 3.63) is 29.3 Å². The summed E-state index contributed by atoms with van der Waals surface area (Å²) >= 11 is 0. The maximum Gasteiger partial charge on any atom is 0.137 e. The zero-order valence-corrected chi connectivity index (χ0v) is 10.9. The molecule has 0 unspecified atom stereocenters. The quantitative estimate of drug-likeness (QED) is 0.663. The van der Waals surface area contributed by atoms with Gasteiger partial charge in [0.2, 0.25) is 0 Å². The van der Waals surface area contributed by atoms with Crippen LogP contribution in [0.5, 0.6) is 5.75 Å². The Morgan fingerprint density at radius 2 is 2.00 bits per heavy atom. The van der Waals surface area contributed by atoms with Crippen molar-refractivity contribution >= 4 is 0 Å². The van der Waals surface area contributed by atoms with Crippen LogP contribution in [0.25, 0.3) is 0 Å². The number of hydrogen-bond acceptors (Lipinski definition) is 4. The van der Waals surface area contributed by atoms with Gasteiger partial charge < -0.3 is 14.2 Å². The Labute approximate surface area is 108 Å². The van der Waals surface area contributed by atoms with Gasteiger partial charge >= 0.3 is 0 Å². The van der Waals surface area contributed by atoms with E-state index in [-0.39, 0.29) is 0 Å². The number of nitriles is 1. The van der Waals surface area contributed by atoms with Crippen LogP contribution >= 0.6 is 0 Å². The van der Waals surface area contributed by atoms with Crippen molar-refractivity contribution in [2.45, 2.75) is 13.3 Å². The molecule has 0 aliphatic rings. The molecule has 0 heterocycles. The van der Waals surface area contributed by atoms with E-state index in [4.69, 9.17) is 19.5 Å². The average Bonchev–Trinajstić information content (AvgIpc) is 2.38. The summed E-state index contributed by atoms with van der Waals surface area (Å²) < 4.78 is 15.8. The van der Waals surface area contributed by atoms with Crippen LogP contribution in [0.2, 0.25) is 0 Å². The average molecular weight is 249 g/mol. The topological polar surface area (TPSA) is 51.5 Å². The highest BCUT2D eigenvalue weighted by Crippen LogP contribution is 2.19. The molecule has 0 fully saturated rings. The summed E-state index contributed by atoms with van der Waals surface area (Å²) in [6.45, 7) is 4.30. The molecule has 0 atom stereocenters. The first kappa shape index (κ1) is 14.5. The Bertz CT molecular complexity index is 399. The van der Waals surface area contributed by atoms with E-state index in [1.165, 1.54) is 0 Å². The predicted molar refractivity (Wildman–Crippen MR) is 68.7 cm³/mol. The second-order valence-electron chi connectivity index (χ2n) is 3.92. The molecule has 0 radical (unpaired) electrons. The van der Waals surface area contributed by atoms with Crippen LogP contribution < -0.4 is 4.74 Å². The van der Waals surface area contributed by atoms with Crippen molar-refractivity contribution < 1.29 is 14.2 Å². The molecule has 0 aromatic heterocycles. The minimum Gasteiger partial charge on any atom is -0.490 e. The van der Waals surface area contributed by atoms with Crippen LogP contribution in [-0.2, 0) is 9.47 Å². The molecule has 0 spiro atoms. The predicted octanol–water partition coefficient (Wildman–Crippen LogP) is 2.30. The van der Waals surface area contributed by atoms with Gasteiger partial charge in [0, 0.05) is 20.3 Å². The molecule has 1 rings (SSSR count). The molecule has 0 saturated carbocycles. The van der Waals surface area contributed by atoms with Crippen LogP contribution in [0.4, 0.5) is 0 Å². The van der Waals surface area contributed by atoms with Gasteiger partial charge in [0.1, 0.15) is 18.4 Å². The van der Waals surface area contributed by atoms with E-state index in [2.05, 4.69) is 6.07 Å². The molecule has 0 amide bonds. The molecule has 0 saturated heterocycles. The Morgan fingerprint density at radius 1 is 1.17 bits per heavy atom. The normalized spacial score (nSPS) is 10.1. The Balaban J connectivity index is 2.27. The van der Waals surface area contributed by atoms with E-state index < -0.39 is 0 Å². The van der Waals surface area contributed by atoms with Crippen molar-refractivity contribution in [1.82, 2.24) is 0 Å². The van der Waals surface area contributed by atoms with E-state index >= 15 is 0 Å². The highest BCUT2D eigenvalue weighted by atomic mass is 16.5. The summed E-state index contributed by atoms with van der Waals surface area (Å²) in [5.74, 6) is 0.623. The lowest BCUT2D eigenvalue weighted by atomic mass is 10.1. The molecule has 0 aliphatic carbocycles. The molecule has 4 nitrogen and oxygen atoms in total. The zero-order chi connectivity index (χ0) is 13.2. The van der Waals surface area contributed by atoms with Gasteiger partial charge in [-0.05, 0) is 31.0 Å². The summed E-state index contributed by atoms with van der Waals surface area (Å²) in [6.07, 6.45) is 0.879. The summed E-state index contributed by atoms with van der Waals surface area (Å²) in [6, 6.07) is 7.64. The van der Waals surface area contributed by atoms with E-state index in [1.54, 1.807) is 13.2 Å². The first-order valence-corrected chi connectivity index (χ1v) is 5.98. The molecule has 98 valence electrons. The Morgan fingerprint density at radius 3 is 2.72 bits per heavy atom. The molecule has 0 aliphatic heterocycles. The van der Waals surface area contributed by atoms with E-state index in [1.807, 2.05) is 19.1 Å². The first-order valence-electron chi connectivity index (χ1n) is 5.98. The summed E-state index contributed by atoms with van der Waals surface area (Å²) in [4.78, 5) is 0. The van der Waals surface area contributed by atoms with Gasteiger partial charge in [-0.25, -0.2) is 0 Å². The lowest BCUT2D eigenvalue weighted by molar-refractivity contribution is 0.0806. The fourth-order valence-corrected chi connectivity index (χ4v) is 1.46. The van der Waals surface area contributed by atoms with Gasteiger partial charge in [-0.15, -0.1) is 0 Å². The number of rotatable bonds is 8. The third-order valence-electron chi connectivity index (χ3n) is 2.38. The highest BCUT2D eigenvalue weighted by Gasteiger charge is 2.02. The van der Waals surface area contributed by atoms with E-state index in [0.29, 0.717) is 37.7 Å². The summed E-state index contributed by atoms with van der Waals surface area (Å²) in [5.41, 5.74) is 1.63. The molecular formula is C14H19NO3. The van der Waals surface area contributed by atoms with Crippen LogP contribution in [0.15, 0.2) is 18.2 Å². The molecule has 18 heavy (non-hydrogen) atoms. The third kappa shape index (κ3) is 5.17. The maximum absolute atomic E-state index is 8.93. The molecule has 4 heteroatoms. The Kier molecular flexibility index (Phi) is 6.85. The standard InChI is InChI=1S/C14H19NO3/c1-12-4-5-13(11-15)14(10-12)18-9-8-17-7-3-6-16-2/h4-5,10H,3,6-9H2,1-2H3. The van der Waals surface area contributed by atoms with Gasteiger partial charge in [-0.3, -0.25) is 0 Å². The van der Waals surface area contributed by atoms with Crippen molar-refractivity contribution in [1.29, 1.82) is 5.26 Å². The fourth-order valence-electron chi connectivity index (χ4n) is 1.46. The molecular weight excluding hydrogens is 230 g/mol. The van der Waals surface area contributed by atoms with Crippen molar-refractivity contribution in [3.8, 4) is 11.8 Å². The number of nitrogens with zero attached hydrogens (tertiary/aromatic N) is 1. The van der Waals surface area contributed by atoms with E-state index in [0.717, 1.165) is 12.0 Å². The van der Waals surface area contributed by atoms with Crippen LogP contribution in [0, 0.1) is 18.3 Å². The summed E-state index contributed by atoms with van der Waals surface area (Å²) in [7, 11) is 1.67. The molecule has 1 aromatic carbocycles. The van der Waals surface area contributed by atoms with Crippen molar-refractivity contribution in [3.63, 3.8) is 0 Å². The lowest BCUT2D eigenvalue weighted by Gasteiger charge is -2.09. The maximum atomic E-state index is 8.93. The minimum atomic E-state index is 0.450. The first-order chi connectivity index (χ1) is 8.77. The third-order valence-corrected chi connectivity index (χ3v) is 2.38. The zero-order valence-electron chi connectivity index (χ0n) is 10.9. The fraction of sp³-hybridized carbons (Fsp3) is 0.500. The molecule has 1 aromatic rings. The SMILES string of the molecule is COCCCOCCOc1cc(C)ccc1C#N. The van der Waals surface area contributed by atoms with Crippen LogP contribution in [-0.4, -0.2) is 33.5 Å². The van der Waals surface area contributed by atoms with Gasteiger partial charge in [-0.2, -0.15) is 5.26 Å². The summed E-state index contributed by atoms with van der Waals surface area (Å²) in [5, 5.41) is 8.93. The van der Waals surface area contributed by atoms with Crippen LogP contribution in [0.1, 0.15) is 17.5 Å². The number of benzene rings is 1. The lowest BCUT2D eigenvalue weighted by Crippen LogP contribution is -2.09. The van der Waals surface area contributed by atoms with E-state index in [9.17, 15) is 0 Å². The number of hydrogen-bond donors (Lipinski definition) is 0. The van der Waals surface area contributed by atoms with Gasteiger partial charge in [0.15, 0.2) is 0 Å². The van der Waals surface area contributed by atoms with Gasteiger partial charge in [-0.1, -0.05) is 6.07 Å². The molecule has 0 N–H and O–H groups in total.